The lowest BCUT2D eigenvalue weighted by molar-refractivity contribution is -0.129. The molecule has 0 amide bonds. The molecule has 0 aliphatic heterocycles. The van der Waals surface area contributed by atoms with Crippen molar-refractivity contribution < 1.29 is 14.3 Å². The molecule has 0 spiro atoms. The van der Waals surface area contributed by atoms with Gasteiger partial charge in [0.25, 0.3) is 0 Å². The fraction of sp³-hybridized carbons (Fsp3) is 0.0909. The average molecular weight is 190 g/mol. The summed E-state index contributed by atoms with van der Waals surface area (Å²) >= 11 is 0. The third kappa shape index (κ3) is 2.51. The van der Waals surface area contributed by atoms with Gasteiger partial charge in [-0.25, -0.2) is 4.79 Å². The standard InChI is InChI=1S/C11H10O3/c1-3-6-11(12)14-10-8-5-4-7-9(10)13-2/h4-8H,1H2,2H3. The van der Waals surface area contributed by atoms with Gasteiger partial charge in [-0.05, 0) is 12.1 Å². The van der Waals surface area contributed by atoms with Crippen molar-refractivity contribution in [2.24, 2.45) is 0 Å². The summed E-state index contributed by atoms with van der Waals surface area (Å²) in [4.78, 5) is 11.0. The predicted octanol–water partition coefficient (Wildman–Crippen LogP) is 1.94. The van der Waals surface area contributed by atoms with Gasteiger partial charge in [-0.15, -0.1) is 5.73 Å². The zero-order valence-corrected chi connectivity index (χ0v) is 7.82. The highest BCUT2D eigenvalue weighted by atomic mass is 16.6. The number of para-hydroxylation sites is 2. The summed E-state index contributed by atoms with van der Waals surface area (Å²) in [5, 5.41) is 0. The number of carbonyl (C=O) groups excluding carboxylic acids is 1. The summed E-state index contributed by atoms with van der Waals surface area (Å²) in [6.45, 7) is 3.27. The Labute approximate surface area is 82.3 Å². The smallest absolute Gasteiger partial charge is 0.344 e. The van der Waals surface area contributed by atoms with Crippen LogP contribution in [0.5, 0.6) is 11.5 Å². The van der Waals surface area contributed by atoms with Crippen LogP contribution in [0, 0.1) is 0 Å². The highest BCUT2D eigenvalue weighted by Gasteiger charge is 2.05. The van der Waals surface area contributed by atoms with Gasteiger partial charge < -0.3 is 9.47 Å². The molecule has 0 bridgehead atoms. The van der Waals surface area contributed by atoms with Gasteiger partial charge in [0.2, 0.25) is 0 Å². The first-order valence-electron chi connectivity index (χ1n) is 3.98. The number of rotatable bonds is 3. The summed E-state index contributed by atoms with van der Waals surface area (Å²) < 4.78 is 9.95. The molecule has 1 aromatic rings. The summed E-state index contributed by atoms with van der Waals surface area (Å²) in [6.07, 6.45) is 1.12. The van der Waals surface area contributed by atoms with E-state index < -0.39 is 5.97 Å². The molecule has 0 unspecified atom stereocenters. The quantitative estimate of drug-likeness (QED) is 0.316. The molecule has 0 atom stereocenters. The van der Waals surface area contributed by atoms with Crippen LogP contribution in [-0.4, -0.2) is 13.1 Å². The minimum absolute atomic E-state index is 0.381. The summed E-state index contributed by atoms with van der Waals surface area (Å²) in [6, 6.07) is 6.90. The molecule has 0 fully saturated rings. The van der Waals surface area contributed by atoms with Crippen LogP contribution in [0.1, 0.15) is 0 Å². The van der Waals surface area contributed by atoms with E-state index in [2.05, 4.69) is 12.3 Å². The second kappa shape index (κ2) is 4.90. The van der Waals surface area contributed by atoms with Gasteiger partial charge in [-0.2, -0.15) is 0 Å². The van der Waals surface area contributed by atoms with E-state index in [9.17, 15) is 4.79 Å². The Bertz CT molecular complexity index is 376. The van der Waals surface area contributed by atoms with Crippen LogP contribution >= 0.6 is 0 Å². The maximum absolute atomic E-state index is 11.0. The average Bonchev–Trinajstić information content (AvgIpc) is 2.19. The van der Waals surface area contributed by atoms with E-state index in [1.54, 1.807) is 24.3 Å². The lowest BCUT2D eigenvalue weighted by Crippen LogP contribution is -2.04. The van der Waals surface area contributed by atoms with E-state index in [1.165, 1.54) is 7.11 Å². The molecule has 0 aromatic heterocycles. The largest absolute Gasteiger partial charge is 0.493 e. The second-order valence-corrected chi connectivity index (χ2v) is 2.42. The lowest BCUT2D eigenvalue weighted by Gasteiger charge is -2.06. The lowest BCUT2D eigenvalue weighted by atomic mass is 10.3. The van der Waals surface area contributed by atoms with Crippen LogP contribution in [0.25, 0.3) is 0 Å². The molecule has 72 valence electrons. The maximum Gasteiger partial charge on any atom is 0.344 e. The monoisotopic (exact) mass is 190 g/mol. The molecule has 0 aliphatic rings. The molecule has 0 N–H and O–H groups in total. The molecule has 0 heterocycles. The fourth-order valence-electron chi connectivity index (χ4n) is 0.924. The van der Waals surface area contributed by atoms with Crippen molar-refractivity contribution in [3.8, 4) is 11.5 Å². The molecular weight excluding hydrogens is 180 g/mol. The van der Waals surface area contributed by atoms with Gasteiger partial charge in [-0.3, -0.25) is 0 Å². The zero-order valence-electron chi connectivity index (χ0n) is 7.82. The van der Waals surface area contributed by atoms with Gasteiger partial charge in [0.15, 0.2) is 11.5 Å². The number of benzene rings is 1. The summed E-state index contributed by atoms with van der Waals surface area (Å²) in [5.41, 5.74) is 2.33. The van der Waals surface area contributed by atoms with Crippen molar-refractivity contribution in [1.82, 2.24) is 0 Å². The third-order valence-corrected chi connectivity index (χ3v) is 1.50. The van der Waals surface area contributed by atoms with Crippen LogP contribution in [0.4, 0.5) is 0 Å². The van der Waals surface area contributed by atoms with Gasteiger partial charge in [0.05, 0.1) is 13.2 Å². The molecule has 3 heteroatoms. The van der Waals surface area contributed by atoms with Gasteiger partial charge in [0.1, 0.15) is 0 Å². The minimum Gasteiger partial charge on any atom is -0.493 e. The molecular formula is C11H10O3. The van der Waals surface area contributed by atoms with Crippen LogP contribution in [0.15, 0.2) is 42.7 Å². The van der Waals surface area contributed by atoms with Crippen molar-refractivity contribution >= 4 is 5.97 Å². The number of methoxy groups -OCH3 is 1. The molecule has 3 nitrogen and oxygen atoms in total. The Kier molecular flexibility index (Phi) is 3.53. The molecule has 0 aliphatic carbocycles. The van der Waals surface area contributed by atoms with Crippen LogP contribution < -0.4 is 9.47 Å². The van der Waals surface area contributed by atoms with E-state index in [1.807, 2.05) is 0 Å². The highest BCUT2D eigenvalue weighted by molar-refractivity contribution is 5.84. The van der Waals surface area contributed by atoms with Crippen LogP contribution in [-0.2, 0) is 4.79 Å². The SMILES string of the molecule is C=C=CC(=O)Oc1ccccc1OC. The predicted molar refractivity (Wildman–Crippen MR) is 52.3 cm³/mol. The normalized spacial score (nSPS) is 8.64. The molecule has 0 radical (unpaired) electrons. The van der Waals surface area contributed by atoms with Crippen molar-refractivity contribution in [3.63, 3.8) is 0 Å². The van der Waals surface area contributed by atoms with Gasteiger partial charge >= 0.3 is 5.97 Å². The number of carbonyl (C=O) groups is 1. The van der Waals surface area contributed by atoms with E-state index in [-0.39, 0.29) is 0 Å². The Hall–Kier alpha value is -1.99. The minimum atomic E-state index is -0.524. The Balaban J connectivity index is 2.85. The van der Waals surface area contributed by atoms with Gasteiger partial charge in [0, 0.05) is 0 Å². The first-order valence-corrected chi connectivity index (χ1v) is 3.98. The number of ether oxygens (including phenoxy) is 2. The molecule has 14 heavy (non-hydrogen) atoms. The number of hydrogen-bond donors (Lipinski definition) is 0. The van der Waals surface area contributed by atoms with E-state index in [0.717, 1.165) is 6.08 Å². The van der Waals surface area contributed by atoms with Crippen molar-refractivity contribution in [2.45, 2.75) is 0 Å². The van der Waals surface area contributed by atoms with Crippen molar-refractivity contribution in [3.05, 3.63) is 42.7 Å². The molecule has 1 aromatic carbocycles. The molecule has 0 saturated heterocycles. The molecule has 0 saturated carbocycles. The van der Waals surface area contributed by atoms with Gasteiger partial charge in [-0.1, -0.05) is 18.7 Å². The highest BCUT2D eigenvalue weighted by Crippen LogP contribution is 2.25. The van der Waals surface area contributed by atoms with Crippen molar-refractivity contribution in [2.75, 3.05) is 7.11 Å². The molecule has 1 rings (SSSR count). The summed E-state index contributed by atoms with van der Waals surface area (Å²) in [7, 11) is 1.51. The second-order valence-electron chi connectivity index (χ2n) is 2.42. The number of esters is 1. The summed E-state index contributed by atoms with van der Waals surface area (Å²) in [5.74, 6) is 0.370. The first-order chi connectivity index (χ1) is 6.77. The third-order valence-electron chi connectivity index (χ3n) is 1.50. The maximum atomic E-state index is 11.0. The fourth-order valence-corrected chi connectivity index (χ4v) is 0.924. The van der Waals surface area contributed by atoms with E-state index >= 15 is 0 Å². The Morgan fingerprint density at radius 3 is 2.64 bits per heavy atom. The van der Waals surface area contributed by atoms with Crippen LogP contribution in [0.2, 0.25) is 0 Å². The van der Waals surface area contributed by atoms with Crippen LogP contribution in [0.3, 0.4) is 0 Å². The topological polar surface area (TPSA) is 35.5 Å². The number of hydrogen-bond acceptors (Lipinski definition) is 3. The van der Waals surface area contributed by atoms with E-state index in [4.69, 9.17) is 9.47 Å². The Morgan fingerprint density at radius 1 is 1.43 bits per heavy atom. The first kappa shape index (κ1) is 10.1. The zero-order chi connectivity index (χ0) is 10.4. The van der Waals surface area contributed by atoms with Crippen molar-refractivity contribution in [1.29, 1.82) is 0 Å². The Morgan fingerprint density at radius 2 is 2.07 bits per heavy atom. The van der Waals surface area contributed by atoms with E-state index in [0.29, 0.717) is 11.5 Å².